The third kappa shape index (κ3) is 1.61. The molecular weight excluding hydrogens is 296 g/mol. The van der Waals surface area contributed by atoms with Crippen molar-refractivity contribution >= 4 is 38.4 Å². The van der Waals surface area contributed by atoms with Crippen LogP contribution in [0.5, 0.6) is 0 Å². The fraction of sp³-hybridized carbons (Fsp3) is 0. The molecule has 0 saturated carbocycles. The summed E-state index contributed by atoms with van der Waals surface area (Å²) < 4.78 is 29.5. The first-order chi connectivity index (χ1) is 11.2. The molecule has 110 valence electrons. The van der Waals surface area contributed by atoms with Gasteiger partial charge in [0, 0.05) is 17.0 Å². The van der Waals surface area contributed by atoms with Gasteiger partial charge in [-0.15, -0.1) is 0 Å². The topological polar surface area (TPSA) is 30.2 Å². The van der Waals surface area contributed by atoms with E-state index in [2.05, 4.69) is 9.97 Å². The predicted octanol–water partition coefficient (Wildman–Crippen LogP) is 4.47. The molecule has 5 heteroatoms. The Morgan fingerprint density at radius 1 is 0.783 bits per heavy atom. The van der Waals surface area contributed by atoms with Gasteiger partial charge in [-0.2, -0.15) is 0 Å². The van der Waals surface area contributed by atoms with Crippen LogP contribution in [-0.2, 0) is 0 Å². The molecule has 0 amide bonds. The summed E-state index contributed by atoms with van der Waals surface area (Å²) in [5.41, 5.74) is 3.12. The van der Waals surface area contributed by atoms with E-state index in [1.807, 2.05) is 10.5 Å². The van der Waals surface area contributed by atoms with Gasteiger partial charge in [-0.1, -0.05) is 0 Å². The molecule has 5 rings (SSSR count). The normalized spacial score (nSPS) is 11.9. The zero-order valence-corrected chi connectivity index (χ0v) is 11.8. The summed E-state index contributed by atoms with van der Waals surface area (Å²) in [6.07, 6.45) is 3.41. The molecule has 0 aliphatic carbocycles. The molecule has 0 atom stereocenters. The molecule has 3 heterocycles. The second kappa shape index (κ2) is 4.23. The first-order valence-electron chi connectivity index (χ1n) is 7.15. The van der Waals surface area contributed by atoms with Crippen LogP contribution in [-0.4, -0.2) is 14.4 Å². The monoisotopic (exact) mass is 305 g/mol. The van der Waals surface area contributed by atoms with Crippen molar-refractivity contribution in [1.82, 2.24) is 14.4 Å². The van der Waals surface area contributed by atoms with E-state index in [0.717, 1.165) is 21.9 Å². The van der Waals surface area contributed by atoms with E-state index in [0.29, 0.717) is 16.4 Å². The van der Waals surface area contributed by atoms with E-state index < -0.39 is 0 Å². The highest BCUT2D eigenvalue weighted by atomic mass is 19.1. The third-order valence-electron chi connectivity index (χ3n) is 4.17. The molecule has 0 N–H and O–H groups in total. The van der Waals surface area contributed by atoms with Crippen molar-refractivity contribution in [3.8, 4) is 0 Å². The predicted molar refractivity (Wildman–Crippen MR) is 85.4 cm³/mol. The summed E-state index contributed by atoms with van der Waals surface area (Å²) in [5.74, 6) is -0.713. The minimum Gasteiger partial charge on any atom is -0.290 e. The van der Waals surface area contributed by atoms with Crippen LogP contribution in [0, 0.1) is 11.6 Å². The molecule has 0 aliphatic rings. The Morgan fingerprint density at radius 3 is 2.43 bits per heavy atom. The maximum absolute atomic E-state index is 13.8. The molecule has 3 aromatic heterocycles. The minimum absolute atomic E-state index is 0.356. The number of aromatic nitrogens is 3. The highest BCUT2D eigenvalue weighted by Gasteiger charge is 2.14. The molecule has 0 radical (unpaired) electrons. The van der Waals surface area contributed by atoms with Crippen LogP contribution >= 0.6 is 0 Å². The number of halogens is 2. The zero-order chi connectivity index (χ0) is 15.6. The summed E-state index contributed by atoms with van der Waals surface area (Å²) in [4.78, 5) is 8.81. The molecule has 0 spiro atoms. The van der Waals surface area contributed by atoms with Gasteiger partial charge in [-0.05, 0) is 47.9 Å². The SMILES string of the molecule is Fc1ccc2c(c1)c1cc(F)ccc1n1c3cnccc3nc21. The number of fused-ring (bicyclic) bond motifs is 8. The van der Waals surface area contributed by atoms with Crippen molar-refractivity contribution in [3.63, 3.8) is 0 Å². The summed E-state index contributed by atoms with van der Waals surface area (Å²) in [6, 6.07) is 10.8. The van der Waals surface area contributed by atoms with Crippen LogP contribution in [0.25, 0.3) is 38.4 Å². The van der Waals surface area contributed by atoms with Crippen molar-refractivity contribution in [3.05, 3.63) is 66.5 Å². The van der Waals surface area contributed by atoms with Gasteiger partial charge in [-0.3, -0.25) is 9.38 Å². The van der Waals surface area contributed by atoms with Crippen molar-refractivity contribution in [2.75, 3.05) is 0 Å². The summed E-state index contributed by atoms with van der Waals surface area (Å²) in [5, 5.41) is 2.08. The maximum Gasteiger partial charge on any atom is 0.146 e. The van der Waals surface area contributed by atoms with Gasteiger partial charge in [0.25, 0.3) is 0 Å². The van der Waals surface area contributed by atoms with Gasteiger partial charge in [-0.25, -0.2) is 13.8 Å². The average Bonchev–Trinajstić information content (AvgIpc) is 2.94. The van der Waals surface area contributed by atoms with Crippen LogP contribution in [0.15, 0.2) is 54.9 Å². The summed E-state index contributed by atoms with van der Waals surface area (Å²) >= 11 is 0. The smallest absolute Gasteiger partial charge is 0.146 e. The van der Waals surface area contributed by atoms with Crippen LogP contribution in [0.4, 0.5) is 8.78 Å². The number of nitrogens with zero attached hydrogens (tertiary/aromatic N) is 3. The highest BCUT2D eigenvalue weighted by molar-refractivity contribution is 6.13. The van der Waals surface area contributed by atoms with Gasteiger partial charge in [0.1, 0.15) is 17.3 Å². The lowest BCUT2D eigenvalue weighted by atomic mass is 10.1. The van der Waals surface area contributed by atoms with Crippen molar-refractivity contribution in [2.45, 2.75) is 0 Å². The Hall–Kier alpha value is -3.08. The van der Waals surface area contributed by atoms with Crippen molar-refractivity contribution < 1.29 is 8.78 Å². The standard InChI is InChI=1S/C18H9F2N3/c19-10-1-3-12-13(7-10)14-8-11(20)2-4-16(14)23-17-9-21-6-5-15(17)22-18(12)23/h1-9H. The highest BCUT2D eigenvalue weighted by Crippen LogP contribution is 2.32. The lowest BCUT2D eigenvalue weighted by Crippen LogP contribution is -1.93. The van der Waals surface area contributed by atoms with E-state index in [4.69, 9.17) is 0 Å². The summed E-state index contributed by atoms with van der Waals surface area (Å²) in [7, 11) is 0. The molecule has 0 aliphatic heterocycles. The molecule has 2 aromatic carbocycles. The van der Waals surface area contributed by atoms with Crippen LogP contribution < -0.4 is 0 Å². The number of hydrogen-bond acceptors (Lipinski definition) is 2. The second-order valence-electron chi connectivity index (χ2n) is 5.49. The number of pyridine rings is 2. The van der Waals surface area contributed by atoms with E-state index in [-0.39, 0.29) is 11.6 Å². The zero-order valence-electron chi connectivity index (χ0n) is 11.8. The quantitative estimate of drug-likeness (QED) is 0.395. The van der Waals surface area contributed by atoms with E-state index in [1.165, 1.54) is 24.3 Å². The number of benzene rings is 2. The van der Waals surface area contributed by atoms with Crippen LogP contribution in [0.3, 0.4) is 0 Å². The fourth-order valence-corrected chi connectivity index (χ4v) is 3.20. The molecular formula is C18H9F2N3. The number of imidazole rings is 1. The van der Waals surface area contributed by atoms with Crippen molar-refractivity contribution in [1.29, 1.82) is 0 Å². The summed E-state index contributed by atoms with van der Waals surface area (Å²) in [6.45, 7) is 0. The largest absolute Gasteiger partial charge is 0.290 e. The molecule has 0 unspecified atom stereocenters. The Morgan fingerprint density at radius 2 is 1.57 bits per heavy atom. The fourth-order valence-electron chi connectivity index (χ4n) is 3.20. The Bertz CT molecular complexity index is 1240. The molecule has 3 nitrogen and oxygen atoms in total. The van der Waals surface area contributed by atoms with E-state index in [9.17, 15) is 8.78 Å². The first-order valence-corrected chi connectivity index (χ1v) is 7.15. The van der Waals surface area contributed by atoms with Gasteiger partial charge < -0.3 is 0 Å². The van der Waals surface area contributed by atoms with Crippen molar-refractivity contribution in [2.24, 2.45) is 0 Å². The molecule has 5 aromatic rings. The molecule has 0 bridgehead atoms. The van der Waals surface area contributed by atoms with Gasteiger partial charge in [0.15, 0.2) is 0 Å². The van der Waals surface area contributed by atoms with Crippen LogP contribution in [0.1, 0.15) is 0 Å². The van der Waals surface area contributed by atoms with Gasteiger partial charge >= 0.3 is 0 Å². The maximum atomic E-state index is 13.8. The number of rotatable bonds is 0. The van der Waals surface area contributed by atoms with E-state index in [1.54, 1.807) is 24.5 Å². The third-order valence-corrected chi connectivity index (χ3v) is 4.17. The Kier molecular flexibility index (Phi) is 2.29. The molecule has 0 saturated heterocycles. The minimum atomic E-state index is -0.357. The lowest BCUT2D eigenvalue weighted by Gasteiger charge is -2.09. The van der Waals surface area contributed by atoms with E-state index >= 15 is 0 Å². The second-order valence-corrected chi connectivity index (χ2v) is 5.49. The Labute approximate surface area is 128 Å². The molecule has 0 fully saturated rings. The van der Waals surface area contributed by atoms with Gasteiger partial charge in [0.2, 0.25) is 0 Å². The lowest BCUT2D eigenvalue weighted by molar-refractivity contribution is 0.628. The first kappa shape index (κ1) is 12.5. The van der Waals surface area contributed by atoms with Crippen LogP contribution in [0.2, 0.25) is 0 Å². The Balaban J connectivity index is 2.20. The average molecular weight is 305 g/mol. The van der Waals surface area contributed by atoms with Gasteiger partial charge in [0.05, 0.1) is 22.7 Å². The number of hydrogen-bond donors (Lipinski definition) is 0. The molecule has 23 heavy (non-hydrogen) atoms.